The van der Waals surface area contributed by atoms with E-state index in [1.165, 1.54) is 0 Å². The molecule has 2 rings (SSSR count). The molecule has 0 spiro atoms. The summed E-state index contributed by atoms with van der Waals surface area (Å²) in [6, 6.07) is 7.92. The van der Waals surface area contributed by atoms with Gasteiger partial charge in [-0.05, 0) is 53.7 Å². The highest BCUT2D eigenvalue weighted by Gasteiger charge is 2.49. The minimum absolute atomic E-state index is 0.111. The monoisotopic (exact) mass is 339 g/mol. The van der Waals surface area contributed by atoms with Crippen molar-refractivity contribution in [3.05, 3.63) is 28.7 Å². The Bertz CT molecular complexity index is 477. The van der Waals surface area contributed by atoms with Crippen LogP contribution in [0.3, 0.4) is 0 Å². The van der Waals surface area contributed by atoms with Gasteiger partial charge in [0.1, 0.15) is 5.54 Å². The molecule has 1 aromatic rings. The van der Waals surface area contributed by atoms with E-state index in [9.17, 15) is 4.79 Å². The van der Waals surface area contributed by atoms with Crippen LogP contribution in [0.25, 0.3) is 0 Å². The van der Waals surface area contributed by atoms with Crippen molar-refractivity contribution in [3.63, 3.8) is 0 Å². The second-order valence-corrected chi connectivity index (χ2v) is 6.15. The Labute approximate surface area is 129 Å². The summed E-state index contributed by atoms with van der Waals surface area (Å²) in [6.07, 6.45) is 3.96. The topological polar surface area (TPSA) is 38.3 Å². The largest absolute Gasteiger partial charge is 0.464 e. The first-order valence-electron chi connectivity index (χ1n) is 7.34. The van der Waals surface area contributed by atoms with Crippen LogP contribution in [-0.2, 0) is 9.53 Å². The zero-order valence-corrected chi connectivity index (χ0v) is 13.7. The lowest BCUT2D eigenvalue weighted by Gasteiger charge is -2.35. The number of benzene rings is 1. The SMILES string of the molecule is CCOC(=O)C1(Nc2ccccc2Br)CCCC1CC. The van der Waals surface area contributed by atoms with Gasteiger partial charge in [-0.1, -0.05) is 31.9 Å². The summed E-state index contributed by atoms with van der Waals surface area (Å²) in [5, 5.41) is 3.49. The highest BCUT2D eigenvalue weighted by molar-refractivity contribution is 9.10. The van der Waals surface area contributed by atoms with Crippen molar-refractivity contribution in [2.24, 2.45) is 5.92 Å². The molecule has 1 aromatic carbocycles. The van der Waals surface area contributed by atoms with E-state index in [0.29, 0.717) is 12.5 Å². The fourth-order valence-corrected chi connectivity index (χ4v) is 3.56. The number of hydrogen-bond acceptors (Lipinski definition) is 3. The van der Waals surface area contributed by atoms with Crippen LogP contribution in [0.2, 0.25) is 0 Å². The number of halogens is 1. The molecule has 1 aliphatic carbocycles. The Kier molecular flexibility index (Phi) is 5.08. The maximum atomic E-state index is 12.6. The van der Waals surface area contributed by atoms with Crippen LogP contribution in [0.15, 0.2) is 28.7 Å². The van der Waals surface area contributed by atoms with Crippen LogP contribution >= 0.6 is 15.9 Å². The minimum atomic E-state index is -0.575. The van der Waals surface area contributed by atoms with E-state index in [1.54, 1.807) is 0 Å². The molecule has 4 heteroatoms. The predicted octanol–water partition coefficient (Wildman–Crippen LogP) is 4.37. The number of esters is 1. The molecule has 2 unspecified atom stereocenters. The van der Waals surface area contributed by atoms with Crippen LogP contribution < -0.4 is 5.32 Å². The van der Waals surface area contributed by atoms with E-state index in [4.69, 9.17) is 4.74 Å². The van der Waals surface area contributed by atoms with Gasteiger partial charge >= 0.3 is 5.97 Å². The molecule has 2 atom stereocenters. The predicted molar refractivity (Wildman–Crippen MR) is 84.8 cm³/mol. The van der Waals surface area contributed by atoms with E-state index in [2.05, 4.69) is 28.2 Å². The molecule has 1 N–H and O–H groups in total. The third kappa shape index (κ3) is 2.85. The zero-order chi connectivity index (χ0) is 14.6. The molecule has 0 aliphatic heterocycles. The van der Waals surface area contributed by atoms with E-state index in [0.717, 1.165) is 35.8 Å². The second kappa shape index (κ2) is 6.61. The lowest BCUT2D eigenvalue weighted by atomic mass is 9.84. The average molecular weight is 340 g/mol. The molecule has 0 bridgehead atoms. The molecular formula is C16H22BrNO2. The lowest BCUT2D eigenvalue weighted by molar-refractivity contribution is -0.150. The molecule has 0 heterocycles. The van der Waals surface area contributed by atoms with E-state index in [-0.39, 0.29) is 5.97 Å². The molecule has 0 radical (unpaired) electrons. The van der Waals surface area contributed by atoms with Gasteiger partial charge in [-0.3, -0.25) is 0 Å². The van der Waals surface area contributed by atoms with Gasteiger partial charge < -0.3 is 10.1 Å². The number of carbonyl (C=O) groups excluding carboxylic acids is 1. The molecule has 1 saturated carbocycles. The molecule has 1 fully saturated rings. The van der Waals surface area contributed by atoms with Crippen LogP contribution in [0, 0.1) is 5.92 Å². The Balaban J connectivity index is 2.32. The van der Waals surface area contributed by atoms with Gasteiger partial charge in [-0.25, -0.2) is 4.79 Å². The minimum Gasteiger partial charge on any atom is -0.464 e. The molecule has 20 heavy (non-hydrogen) atoms. The second-order valence-electron chi connectivity index (χ2n) is 5.29. The first-order chi connectivity index (χ1) is 9.64. The molecule has 1 aliphatic rings. The molecule has 0 aromatic heterocycles. The summed E-state index contributed by atoms with van der Waals surface area (Å²) in [5.41, 5.74) is 0.384. The summed E-state index contributed by atoms with van der Waals surface area (Å²) < 4.78 is 6.33. The van der Waals surface area contributed by atoms with Gasteiger partial charge in [0.05, 0.1) is 6.61 Å². The Hall–Kier alpha value is -1.03. The van der Waals surface area contributed by atoms with Gasteiger partial charge in [0, 0.05) is 10.2 Å². The first-order valence-corrected chi connectivity index (χ1v) is 8.13. The van der Waals surface area contributed by atoms with Gasteiger partial charge in [-0.2, -0.15) is 0 Å². The highest BCUT2D eigenvalue weighted by atomic mass is 79.9. The molecule has 110 valence electrons. The number of para-hydroxylation sites is 1. The van der Waals surface area contributed by atoms with Crippen molar-refractivity contribution in [3.8, 4) is 0 Å². The van der Waals surface area contributed by atoms with Gasteiger partial charge in [-0.15, -0.1) is 0 Å². The van der Waals surface area contributed by atoms with Crippen LogP contribution in [0.4, 0.5) is 5.69 Å². The number of hydrogen-bond donors (Lipinski definition) is 1. The zero-order valence-electron chi connectivity index (χ0n) is 12.1. The normalized spacial score (nSPS) is 25.4. The number of rotatable bonds is 5. The summed E-state index contributed by atoms with van der Waals surface area (Å²) in [6.45, 7) is 4.43. The van der Waals surface area contributed by atoms with E-state index < -0.39 is 5.54 Å². The maximum Gasteiger partial charge on any atom is 0.332 e. The van der Waals surface area contributed by atoms with Crippen molar-refractivity contribution in [2.45, 2.75) is 45.1 Å². The van der Waals surface area contributed by atoms with Crippen LogP contribution in [-0.4, -0.2) is 18.1 Å². The number of ether oxygens (including phenoxy) is 1. The summed E-state index contributed by atoms with van der Waals surface area (Å²) in [5.74, 6) is 0.216. The fraction of sp³-hybridized carbons (Fsp3) is 0.562. The highest BCUT2D eigenvalue weighted by Crippen LogP contribution is 2.42. The Morgan fingerprint density at radius 3 is 2.85 bits per heavy atom. The quantitative estimate of drug-likeness (QED) is 0.809. The molecular weight excluding hydrogens is 318 g/mol. The summed E-state index contributed by atoms with van der Waals surface area (Å²) >= 11 is 3.54. The van der Waals surface area contributed by atoms with Crippen molar-refractivity contribution >= 4 is 27.6 Å². The fourth-order valence-electron chi connectivity index (χ4n) is 3.18. The van der Waals surface area contributed by atoms with E-state index >= 15 is 0 Å². The summed E-state index contributed by atoms with van der Waals surface area (Å²) in [7, 11) is 0. The van der Waals surface area contributed by atoms with Crippen molar-refractivity contribution in [1.29, 1.82) is 0 Å². The molecule has 0 amide bonds. The maximum absolute atomic E-state index is 12.6. The van der Waals surface area contributed by atoms with Crippen LogP contribution in [0.5, 0.6) is 0 Å². The Morgan fingerprint density at radius 2 is 2.20 bits per heavy atom. The first kappa shape index (κ1) is 15.4. The standard InChI is InChI=1S/C16H22BrNO2/c1-3-12-8-7-11-16(12,15(19)20-4-2)18-14-10-6-5-9-13(14)17/h5-6,9-10,12,18H,3-4,7-8,11H2,1-2H3. The Morgan fingerprint density at radius 1 is 1.45 bits per heavy atom. The van der Waals surface area contributed by atoms with Gasteiger partial charge in [0.25, 0.3) is 0 Å². The summed E-state index contributed by atoms with van der Waals surface area (Å²) in [4.78, 5) is 12.6. The van der Waals surface area contributed by atoms with Gasteiger partial charge in [0.15, 0.2) is 0 Å². The van der Waals surface area contributed by atoms with Crippen LogP contribution in [0.1, 0.15) is 39.5 Å². The lowest BCUT2D eigenvalue weighted by Crippen LogP contribution is -2.50. The smallest absolute Gasteiger partial charge is 0.332 e. The number of anilines is 1. The third-order valence-electron chi connectivity index (χ3n) is 4.18. The third-order valence-corrected chi connectivity index (χ3v) is 4.88. The number of carbonyl (C=O) groups is 1. The van der Waals surface area contributed by atoms with Crippen molar-refractivity contribution in [1.82, 2.24) is 0 Å². The molecule has 0 saturated heterocycles. The molecule has 3 nitrogen and oxygen atoms in total. The van der Waals surface area contributed by atoms with E-state index in [1.807, 2.05) is 31.2 Å². The van der Waals surface area contributed by atoms with Crippen molar-refractivity contribution < 1.29 is 9.53 Å². The van der Waals surface area contributed by atoms with Crippen molar-refractivity contribution in [2.75, 3.05) is 11.9 Å². The average Bonchev–Trinajstić information content (AvgIpc) is 2.86. The van der Waals surface area contributed by atoms with Gasteiger partial charge in [0.2, 0.25) is 0 Å². The number of nitrogens with one attached hydrogen (secondary N) is 1.